The van der Waals surface area contributed by atoms with Crippen molar-refractivity contribution in [3.05, 3.63) is 48.0 Å². The quantitative estimate of drug-likeness (QED) is 0.413. The van der Waals surface area contributed by atoms with Crippen LogP contribution in [0.25, 0.3) is 0 Å². The Labute approximate surface area is 191 Å². The fourth-order valence-electron chi connectivity index (χ4n) is 2.42. The second-order valence-electron chi connectivity index (χ2n) is 5.64. The predicted molar refractivity (Wildman–Crippen MR) is 90.1 cm³/mol. The predicted octanol–water partition coefficient (Wildman–Crippen LogP) is 0.926. The van der Waals surface area contributed by atoms with Gasteiger partial charge >= 0.3 is 51.4 Å². The van der Waals surface area contributed by atoms with Crippen molar-refractivity contribution in [2.45, 2.75) is 43.9 Å². The van der Waals surface area contributed by atoms with E-state index in [9.17, 15) is 18.1 Å². The van der Waals surface area contributed by atoms with Gasteiger partial charge in [0.25, 0.3) is 10.1 Å². The smallest absolute Gasteiger partial charge is 0.872 e. The van der Waals surface area contributed by atoms with Gasteiger partial charge in [0.15, 0.2) is 0 Å². The van der Waals surface area contributed by atoms with E-state index in [4.69, 9.17) is 4.74 Å². The third kappa shape index (κ3) is 7.38. The van der Waals surface area contributed by atoms with Gasteiger partial charge < -0.3 is 9.84 Å². The zero-order valence-electron chi connectivity index (χ0n) is 14.6. The summed E-state index contributed by atoms with van der Waals surface area (Å²) in [5.74, 6) is -0.119. The Balaban J connectivity index is 0.00000312. The summed E-state index contributed by atoms with van der Waals surface area (Å²) in [4.78, 5) is -0.525. The number of benzene rings is 2. The van der Waals surface area contributed by atoms with E-state index < -0.39 is 20.8 Å². The summed E-state index contributed by atoms with van der Waals surface area (Å²) in [5.41, 5.74) is 1.09. The summed E-state index contributed by atoms with van der Waals surface area (Å²) in [5, 5.41) is 11.3. The van der Waals surface area contributed by atoms with Crippen molar-refractivity contribution in [3.8, 4) is 17.2 Å². The van der Waals surface area contributed by atoms with Crippen LogP contribution in [-0.2, 0) is 16.5 Å². The molecule has 0 spiro atoms. The van der Waals surface area contributed by atoms with E-state index in [1.165, 1.54) is 31.4 Å². The van der Waals surface area contributed by atoms with Gasteiger partial charge in [0.2, 0.25) is 0 Å². The number of aryl methyl sites for hydroxylation is 1. The largest absolute Gasteiger partial charge is 1.00 e. The van der Waals surface area contributed by atoms with Crippen molar-refractivity contribution in [1.82, 2.24) is 0 Å². The molecule has 0 heterocycles. The van der Waals surface area contributed by atoms with Crippen LogP contribution in [0, 0.1) is 0 Å². The average molecular weight is 389 g/mol. The maximum atomic E-state index is 11.4. The molecule has 0 aliphatic carbocycles. The molecule has 0 amide bonds. The third-order valence-electron chi connectivity index (χ3n) is 3.64. The normalized spacial score (nSPS) is 11.0. The molecule has 0 aliphatic heterocycles. The van der Waals surface area contributed by atoms with Gasteiger partial charge in [-0.15, -0.1) is 5.75 Å². The van der Waals surface area contributed by atoms with Gasteiger partial charge in [0, 0.05) is 0 Å². The molecule has 0 atom stereocenters. The van der Waals surface area contributed by atoms with E-state index in [1.807, 2.05) is 18.2 Å². The van der Waals surface area contributed by atoms with Crippen LogP contribution >= 0.6 is 0 Å². The Morgan fingerprint density at radius 3 is 2.52 bits per heavy atom. The second kappa shape index (κ2) is 10.7. The SMILES string of the molecule is CCCCCCc1cccc(Oc2ccc([O-])cc2S(=O)(=O)O)c1.[K+]. The van der Waals surface area contributed by atoms with Crippen molar-refractivity contribution >= 4 is 10.1 Å². The molecule has 5 nitrogen and oxygen atoms in total. The van der Waals surface area contributed by atoms with Gasteiger partial charge in [-0.1, -0.05) is 44.4 Å². The minimum atomic E-state index is -4.53. The summed E-state index contributed by atoms with van der Waals surface area (Å²) < 4.78 is 37.6. The fourth-order valence-corrected chi connectivity index (χ4v) is 3.05. The molecule has 2 aromatic carbocycles. The van der Waals surface area contributed by atoms with Gasteiger partial charge in [0.1, 0.15) is 16.4 Å². The minimum absolute atomic E-state index is 0. The molecule has 7 heteroatoms. The Bertz CT molecular complexity index is 790. The first kappa shape index (κ1) is 22.6. The molecule has 0 radical (unpaired) electrons. The molecule has 25 heavy (non-hydrogen) atoms. The van der Waals surface area contributed by atoms with Crippen LogP contribution in [0.4, 0.5) is 0 Å². The summed E-state index contributed by atoms with van der Waals surface area (Å²) in [6.45, 7) is 2.16. The molecule has 0 aromatic heterocycles. The molecule has 130 valence electrons. The van der Waals surface area contributed by atoms with Crippen LogP contribution in [0.1, 0.15) is 38.2 Å². The number of rotatable bonds is 8. The molecule has 2 aromatic rings. The van der Waals surface area contributed by atoms with Gasteiger partial charge in [0.05, 0.1) is 0 Å². The van der Waals surface area contributed by atoms with E-state index in [-0.39, 0.29) is 57.1 Å². The molecule has 2 rings (SSSR count). The Hall–Kier alpha value is -0.414. The van der Waals surface area contributed by atoms with Crippen LogP contribution in [0.15, 0.2) is 47.4 Å². The number of hydrogen-bond acceptors (Lipinski definition) is 4. The molecular weight excluding hydrogens is 367 g/mol. The van der Waals surface area contributed by atoms with Crippen molar-refractivity contribution in [2.75, 3.05) is 0 Å². The molecule has 1 N–H and O–H groups in total. The molecule has 0 bridgehead atoms. The first-order valence-electron chi connectivity index (χ1n) is 7.95. The fraction of sp³-hybridized carbons (Fsp3) is 0.333. The van der Waals surface area contributed by atoms with Crippen LogP contribution < -0.4 is 61.2 Å². The maximum Gasteiger partial charge on any atom is 1.00 e. The molecule has 0 fully saturated rings. The van der Waals surface area contributed by atoms with Crippen molar-refractivity contribution in [1.29, 1.82) is 0 Å². The zero-order valence-corrected chi connectivity index (χ0v) is 18.5. The van der Waals surface area contributed by atoms with Gasteiger partial charge in [-0.25, -0.2) is 0 Å². The summed E-state index contributed by atoms with van der Waals surface area (Å²) in [7, 11) is -4.53. The summed E-state index contributed by atoms with van der Waals surface area (Å²) >= 11 is 0. The van der Waals surface area contributed by atoms with E-state index >= 15 is 0 Å². The first-order chi connectivity index (χ1) is 11.4. The van der Waals surface area contributed by atoms with E-state index in [0.29, 0.717) is 5.75 Å². The minimum Gasteiger partial charge on any atom is -0.872 e. The van der Waals surface area contributed by atoms with Gasteiger partial charge in [-0.2, -0.15) is 8.42 Å². The van der Waals surface area contributed by atoms with E-state index in [2.05, 4.69) is 6.92 Å². The summed E-state index contributed by atoms with van der Waals surface area (Å²) in [6.07, 6.45) is 5.55. The maximum absolute atomic E-state index is 11.4. The van der Waals surface area contributed by atoms with Crippen LogP contribution in [0.5, 0.6) is 17.2 Å². The van der Waals surface area contributed by atoms with Crippen LogP contribution in [0.3, 0.4) is 0 Å². The van der Waals surface area contributed by atoms with Gasteiger partial charge in [-0.3, -0.25) is 4.55 Å². The van der Waals surface area contributed by atoms with Crippen molar-refractivity contribution in [2.24, 2.45) is 0 Å². The van der Waals surface area contributed by atoms with Crippen LogP contribution in [-0.4, -0.2) is 13.0 Å². The molecule has 0 saturated heterocycles. The standard InChI is InChI=1S/C18H22O5S.K/c1-2-3-4-5-7-14-8-6-9-16(12-14)23-17-11-10-15(19)13-18(17)24(20,21)22;/h6,8-13,19H,2-5,7H2,1H3,(H,20,21,22);/q;+1/p-1. The first-order valence-corrected chi connectivity index (χ1v) is 9.39. The Morgan fingerprint density at radius 1 is 1.08 bits per heavy atom. The number of unbranched alkanes of at least 4 members (excludes halogenated alkanes) is 3. The van der Waals surface area contributed by atoms with E-state index in [1.54, 1.807) is 6.07 Å². The monoisotopic (exact) mass is 388 g/mol. The Kier molecular flexibility index (Phi) is 9.65. The third-order valence-corrected chi connectivity index (χ3v) is 4.51. The number of hydrogen-bond donors (Lipinski definition) is 1. The average Bonchev–Trinajstić information content (AvgIpc) is 2.53. The van der Waals surface area contributed by atoms with Crippen molar-refractivity contribution in [3.63, 3.8) is 0 Å². The van der Waals surface area contributed by atoms with Crippen LogP contribution in [0.2, 0.25) is 0 Å². The summed E-state index contributed by atoms with van der Waals surface area (Å²) in [6, 6.07) is 10.7. The molecule has 0 saturated carbocycles. The Morgan fingerprint density at radius 2 is 1.84 bits per heavy atom. The van der Waals surface area contributed by atoms with Crippen molar-refractivity contribution < 1.29 is 74.2 Å². The zero-order chi connectivity index (χ0) is 17.6. The van der Waals surface area contributed by atoms with Gasteiger partial charge in [-0.05, 0) is 42.7 Å². The molecule has 0 aliphatic rings. The molecule has 0 unspecified atom stereocenters. The number of ether oxygens (including phenoxy) is 1. The molecular formula is C18H21KO5S. The van der Waals surface area contributed by atoms with E-state index in [0.717, 1.165) is 24.5 Å². The topological polar surface area (TPSA) is 86.7 Å². The second-order valence-corrected chi connectivity index (χ2v) is 7.03.